The molecule has 0 aromatic heterocycles. The van der Waals surface area contributed by atoms with E-state index in [-0.39, 0.29) is 35.7 Å². The Morgan fingerprint density at radius 2 is 2.09 bits per heavy atom. The van der Waals surface area contributed by atoms with Gasteiger partial charge >= 0.3 is 5.97 Å². The van der Waals surface area contributed by atoms with Crippen LogP contribution in [0, 0.1) is 0 Å². The Hall–Kier alpha value is -1.24. The summed E-state index contributed by atoms with van der Waals surface area (Å²) < 4.78 is 4.56. The van der Waals surface area contributed by atoms with Crippen molar-refractivity contribution in [2.24, 2.45) is 0 Å². The van der Waals surface area contributed by atoms with Crippen LogP contribution in [0.2, 0.25) is 0 Å². The molecule has 0 radical (unpaired) electrons. The predicted octanol–water partition coefficient (Wildman–Crippen LogP) is -2.56. The molecule has 0 saturated carbocycles. The minimum absolute atomic E-state index is 0. The normalized spacial score (nSPS) is 20.0. The molecule has 5 nitrogen and oxygen atoms in total. The summed E-state index contributed by atoms with van der Waals surface area (Å²) in [6, 6.07) is 10.1. The van der Waals surface area contributed by atoms with E-state index in [2.05, 4.69) is 27.5 Å². The number of thioether (sulfide) groups is 1. The van der Waals surface area contributed by atoms with Crippen LogP contribution in [-0.4, -0.2) is 37.3 Å². The van der Waals surface area contributed by atoms with Crippen molar-refractivity contribution in [1.82, 2.24) is 5.32 Å². The van der Waals surface area contributed by atoms with Gasteiger partial charge in [0.2, 0.25) is 0 Å². The van der Waals surface area contributed by atoms with Gasteiger partial charge < -0.3 is 27.8 Å². The van der Waals surface area contributed by atoms with E-state index in [0.717, 1.165) is 5.75 Å². The number of carbonyl (C=O) groups excluding carboxylic acids is 2. The standard InChI is InChI=1S/C15H20N2O3S.ClH/c1-20-13(18)8-5-9-16-14(19)12-10-21-15(17-12)11-6-3-2-4-7-11;/h2-4,6-7,12,15,17H,5,8-10H2,1H3,(H,16,19);1H. The van der Waals surface area contributed by atoms with E-state index in [4.69, 9.17) is 0 Å². The first-order valence-electron chi connectivity index (χ1n) is 7.07. The summed E-state index contributed by atoms with van der Waals surface area (Å²) in [5, 5.41) is 5.28. The number of hydrogen-bond acceptors (Lipinski definition) is 4. The van der Waals surface area contributed by atoms with Gasteiger partial charge in [0.1, 0.15) is 0 Å². The Morgan fingerprint density at radius 1 is 1.36 bits per heavy atom. The third kappa shape index (κ3) is 5.51. The lowest BCUT2D eigenvalue weighted by molar-refractivity contribution is -0.684. The summed E-state index contributed by atoms with van der Waals surface area (Å²) in [7, 11) is 1.37. The highest BCUT2D eigenvalue weighted by Crippen LogP contribution is 2.26. The number of benzene rings is 1. The van der Waals surface area contributed by atoms with Gasteiger partial charge in [-0.15, -0.1) is 0 Å². The minimum atomic E-state index is -0.239. The number of nitrogens with two attached hydrogens (primary N) is 1. The van der Waals surface area contributed by atoms with Crippen molar-refractivity contribution in [3.63, 3.8) is 0 Å². The second-order valence-electron chi connectivity index (χ2n) is 4.93. The number of rotatable bonds is 6. The van der Waals surface area contributed by atoms with Gasteiger partial charge in [-0.2, -0.15) is 0 Å². The molecule has 2 atom stereocenters. The maximum absolute atomic E-state index is 12.1. The molecule has 122 valence electrons. The third-order valence-electron chi connectivity index (χ3n) is 3.41. The Labute approximate surface area is 141 Å². The Morgan fingerprint density at radius 3 is 2.77 bits per heavy atom. The fourth-order valence-corrected chi connectivity index (χ4v) is 3.55. The zero-order valence-electron chi connectivity index (χ0n) is 12.5. The van der Waals surface area contributed by atoms with Gasteiger partial charge in [-0.1, -0.05) is 42.1 Å². The van der Waals surface area contributed by atoms with Crippen LogP contribution >= 0.6 is 11.8 Å². The van der Waals surface area contributed by atoms with Crippen LogP contribution in [0.15, 0.2) is 30.3 Å². The Kier molecular flexibility index (Phi) is 8.30. The lowest BCUT2D eigenvalue weighted by Crippen LogP contribution is -3.00. The molecule has 1 aromatic rings. The fourth-order valence-electron chi connectivity index (χ4n) is 2.22. The average Bonchev–Trinajstić information content (AvgIpc) is 3.02. The van der Waals surface area contributed by atoms with Crippen LogP contribution in [0.4, 0.5) is 0 Å². The molecule has 1 aliphatic rings. The van der Waals surface area contributed by atoms with E-state index in [1.165, 1.54) is 12.7 Å². The highest BCUT2D eigenvalue weighted by molar-refractivity contribution is 7.99. The molecule has 22 heavy (non-hydrogen) atoms. The van der Waals surface area contributed by atoms with E-state index >= 15 is 0 Å². The molecular formula is C15H21ClN2O3S. The van der Waals surface area contributed by atoms with E-state index in [1.54, 1.807) is 11.8 Å². The molecule has 1 fully saturated rings. The lowest BCUT2D eigenvalue weighted by Gasteiger charge is -2.10. The van der Waals surface area contributed by atoms with Gasteiger partial charge in [-0.25, -0.2) is 0 Å². The molecule has 1 heterocycles. The number of quaternary nitrogens is 1. The predicted molar refractivity (Wildman–Crippen MR) is 81.6 cm³/mol. The van der Waals surface area contributed by atoms with Crippen LogP contribution in [-0.2, 0) is 14.3 Å². The first-order valence-corrected chi connectivity index (χ1v) is 8.11. The smallest absolute Gasteiger partial charge is 0.305 e. The number of carbonyl (C=O) groups is 2. The van der Waals surface area contributed by atoms with E-state index in [1.807, 2.05) is 18.2 Å². The maximum Gasteiger partial charge on any atom is 0.305 e. The molecular weight excluding hydrogens is 324 g/mol. The Balaban J connectivity index is 0.00000242. The second kappa shape index (κ2) is 9.71. The SMILES string of the molecule is COC(=O)CCCNC(=O)C1CSC(c2ccccc2)[NH2+]1.[Cl-]. The highest BCUT2D eigenvalue weighted by Gasteiger charge is 2.34. The summed E-state index contributed by atoms with van der Waals surface area (Å²) in [6.07, 6.45) is 0.951. The fraction of sp³-hybridized carbons (Fsp3) is 0.467. The maximum atomic E-state index is 12.1. The third-order valence-corrected chi connectivity index (χ3v) is 4.75. The molecule has 1 saturated heterocycles. The van der Waals surface area contributed by atoms with Crippen molar-refractivity contribution >= 4 is 23.6 Å². The van der Waals surface area contributed by atoms with Crippen LogP contribution < -0.4 is 23.0 Å². The number of amides is 1. The quantitative estimate of drug-likeness (QED) is 0.440. The lowest BCUT2D eigenvalue weighted by atomic mass is 10.2. The molecule has 0 aliphatic carbocycles. The van der Waals surface area contributed by atoms with Gasteiger partial charge in [-0.05, 0) is 6.42 Å². The molecule has 1 amide bonds. The number of esters is 1. The molecule has 1 aliphatic heterocycles. The van der Waals surface area contributed by atoms with Crippen LogP contribution in [0.3, 0.4) is 0 Å². The first-order chi connectivity index (χ1) is 10.2. The van der Waals surface area contributed by atoms with Crippen molar-refractivity contribution < 1.29 is 32.0 Å². The van der Waals surface area contributed by atoms with Crippen LogP contribution in [0.5, 0.6) is 0 Å². The zero-order valence-corrected chi connectivity index (χ0v) is 14.0. The molecule has 0 spiro atoms. The van der Waals surface area contributed by atoms with Gasteiger partial charge in [0, 0.05) is 18.5 Å². The van der Waals surface area contributed by atoms with Crippen molar-refractivity contribution in [2.45, 2.75) is 24.3 Å². The number of nitrogens with one attached hydrogen (secondary N) is 1. The van der Waals surface area contributed by atoms with E-state index < -0.39 is 0 Å². The number of halogens is 1. The molecule has 1 aromatic carbocycles. The molecule has 3 N–H and O–H groups in total. The molecule has 7 heteroatoms. The zero-order chi connectivity index (χ0) is 15.1. The van der Waals surface area contributed by atoms with Gasteiger partial charge in [0.15, 0.2) is 11.4 Å². The number of hydrogen-bond donors (Lipinski definition) is 2. The highest BCUT2D eigenvalue weighted by atomic mass is 35.5. The van der Waals surface area contributed by atoms with Crippen molar-refractivity contribution in [2.75, 3.05) is 19.4 Å². The summed E-state index contributed by atoms with van der Waals surface area (Å²) >= 11 is 1.79. The topological polar surface area (TPSA) is 72.0 Å². The summed E-state index contributed by atoms with van der Waals surface area (Å²) in [4.78, 5) is 23.0. The Bertz CT molecular complexity index is 487. The van der Waals surface area contributed by atoms with Gasteiger partial charge in [-0.3, -0.25) is 9.59 Å². The van der Waals surface area contributed by atoms with Crippen LogP contribution in [0.25, 0.3) is 0 Å². The van der Waals surface area contributed by atoms with Gasteiger partial charge in [0.25, 0.3) is 5.91 Å². The summed E-state index contributed by atoms with van der Waals surface area (Å²) in [6.45, 7) is 0.513. The van der Waals surface area contributed by atoms with Crippen molar-refractivity contribution in [3.8, 4) is 0 Å². The van der Waals surface area contributed by atoms with E-state index in [0.29, 0.717) is 19.4 Å². The van der Waals surface area contributed by atoms with Gasteiger partial charge in [0.05, 0.1) is 12.9 Å². The number of ether oxygens (including phenoxy) is 1. The largest absolute Gasteiger partial charge is 1.00 e. The molecule has 2 unspecified atom stereocenters. The van der Waals surface area contributed by atoms with Crippen molar-refractivity contribution in [1.29, 1.82) is 0 Å². The summed E-state index contributed by atoms with van der Waals surface area (Å²) in [5.41, 5.74) is 1.24. The minimum Gasteiger partial charge on any atom is -1.00 e. The first kappa shape index (κ1) is 18.8. The average molecular weight is 345 g/mol. The van der Waals surface area contributed by atoms with Crippen LogP contribution in [0.1, 0.15) is 23.8 Å². The molecule has 2 rings (SSSR count). The molecule has 0 bridgehead atoms. The second-order valence-corrected chi connectivity index (χ2v) is 6.11. The summed E-state index contributed by atoms with van der Waals surface area (Å²) in [5.74, 6) is 0.615. The van der Waals surface area contributed by atoms with E-state index in [9.17, 15) is 9.59 Å². The number of methoxy groups -OCH3 is 1. The van der Waals surface area contributed by atoms with Crippen molar-refractivity contribution in [3.05, 3.63) is 35.9 Å². The monoisotopic (exact) mass is 344 g/mol.